The van der Waals surface area contributed by atoms with Gasteiger partial charge in [-0.3, -0.25) is 4.79 Å². The number of carbonyl (C=O) groups is 1. The Hall–Kier alpha value is -0.300. The monoisotopic (exact) mass is 463 g/mol. The second kappa shape index (κ2) is 6.43. The number of carbonyl (C=O) groups excluding carboxylic acids is 1. The van der Waals surface area contributed by atoms with Gasteiger partial charge < -0.3 is 5.32 Å². The summed E-state index contributed by atoms with van der Waals surface area (Å²) in [7, 11) is 0. The molecule has 0 fully saturated rings. The van der Waals surface area contributed by atoms with Gasteiger partial charge in [-0.2, -0.15) is 0 Å². The summed E-state index contributed by atoms with van der Waals surface area (Å²) in [6, 6.07) is 10.9. The zero-order valence-electron chi connectivity index (χ0n) is 9.45. The molecule has 1 N–H and O–H groups in total. The summed E-state index contributed by atoms with van der Waals surface area (Å²) in [6.07, 6.45) is 0. The van der Waals surface area contributed by atoms with E-state index in [1.165, 1.54) is 0 Å². The molecule has 6 heteroatoms. The predicted octanol–water partition coefficient (Wildman–Crippen LogP) is 5.52. The SMILES string of the molecule is O=C(Nc1cc(Br)ccc1Br)c1ccc(Br)cc1S. The average molecular weight is 466 g/mol. The Balaban J connectivity index is 2.28. The quantitative estimate of drug-likeness (QED) is 0.562. The molecular formula is C13H8Br3NOS. The fraction of sp³-hybridized carbons (Fsp3) is 0. The Morgan fingerprint density at radius 2 is 1.63 bits per heavy atom. The van der Waals surface area contributed by atoms with E-state index in [2.05, 4.69) is 65.7 Å². The number of anilines is 1. The Labute approximate surface area is 141 Å². The highest BCUT2D eigenvalue weighted by molar-refractivity contribution is 9.11. The van der Waals surface area contributed by atoms with Gasteiger partial charge in [0.05, 0.1) is 11.3 Å². The summed E-state index contributed by atoms with van der Waals surface area (Å²) in [6.45, 7) is 0. The normalized spacial score (nSPS) is 10.3. The second-order valence-corrected chi connectivity index (χ2v) is 6.91. The van der Waals surface area contributed by atoms with Gasteiger partial charge in [-0.25, -0.2) is 0 Å². The van der Waals surface area contributed by atoms with Gasteiger partial charge in [0, 0.05) is 18.3 Å². The van der Waals surface area contributed by atoms with Gasteiger partial charge in [0.15, 0.2) is 0 Å². The van der Waals surface area contributed by atoms with Crippen molar-refractivity contribution >= 4 is 72.0 Å². The van der Waals surface area contributed by atoms with Gasteiger partial charge in [-0.05, 0) is 52.3 Å². The van der Waals surface area contributed by atoms with Crippen molar-refractivity contribution < 1.29 is 4.79 Å². The van der Waals surface area contributed by atoms with Crippen molar-refractivity contribution in [1.29, 1.82) is 0 Å². The maximum absolute atomic E-state index is 12.2. The van der Waals surface area contributed by atoms with Crippen molar-refractivity contribution in [2.24, 2.45) is 0 Å². The fourth-order valence-electron chi connectivity index (χ4n) is 1.48. The molecule has 0 heterocycles. The van der Waals surface area contributed by atoms with Crippen molar-refractivity contribution in [1.82, 2.24) is 0 Å². The number of halogens is 3. The highest BCUT2D eigenvalue weighted by Gasteiger charge is 2.11. The first-order valence-corrected chi connectivity index (χ1v) is 8.05. The van der Waals surface area contributed by atoms with Crippen LogP contribution in [0.15, 0.2) is 54.7 Å². The lowest BCUT2D eigenvalue weighted by molar-refractivity contribution is 0.102. The Kier molecular flexibility index (Phi) is 5.11. The molecule has 2 aromatic carbocycles. The van der Waals surface area contributed by atoms with E-state index in [1.807, 2.05) is 24.3 Å². The number of rotatable bonds is 2. The van der Waals surface area contributed by atoms with Gasteiger partial charge >= 0.3 is 0 Å². The molecule has 0 unspecified atom stereocenters. The lowest BCUT2D eigenvalue weighted by Crippen LogP contribution is -2.13. The molecule has 2 nitrogen and oxygen atoms in total. The molecule has 0 aliphatic rings. The van der Waals surface area contributed by atoms with E-state index >= 15 is 0 Å². The number of hydrogen-bond donors (Lipinski definition) is 2. The van der Waals surface area contributed by atoms with Crippen LogP contribution in [0.2, 0.25) is 0 Å². The molecule has 0 atom stereocenters. The molecule has 0 aliphatic heterocycles. The lowest BCUT2D eigenvalue weighted by Gasteiger charge is -2.09. The molecule has 0 spiro atoms. The third-order valence-electron chi connectivity index (χ3n) is 2.38. The van der Waals surface area contributed by atoms with Crippen molar-refractivity contribution in [3.05, 3.63) is 55.4 Å². The number of nitrogens with one attached hydrogen (secondary N) is 1. The summed E-state index contributed by atoms with van der Waals surface area (Å²) in [5.74, 6) is -0.198. The molecule has 0 bridgehead atoms. The maximum atomic E-state index is 12.2. The summed E-state index contributed by atoms with van der Waals surface area (Å²) in [4.78, 5) is 12.8. The number of amides is 1. The standard InChI is InChI=1S/C13H8Br3NOS/c14-7-2-4-10(16)11(5-7)17-13(18)9-3-1-8(15)6-12(9)19/h1-6,19H,(H,17,18). The van der Waals surface area contributed by atoms with E-state index < -0.39 is 0 Å². The van der Waals surface area contributed by atoms with Gasteiger partial charge in [0.2, 0.25) is 0 Å². The van der Waals surface area contributed by atoms with Crippen LogP contribution >= 0.6 is 60.4 Å². The number of hydrogen-bond acceptors (Lipinski definition) is 2. The molecular weight excluding hydrogens is 458 g/mol. The van der Waals surface area contributed by atoms with E-state index in [9.17, 15) is 4.79 Å². The van der Waals surface area contributed by atoms with Crippen LogP contribution in [0.25, 0.3) is 0 Å². The number of thiol groups is 1. The minimum atomic E-state index is -0.198. The Morgan fingerprint density at radius 1 is 1.00 bits per heavy atom. The smallest absolute Gasteiger partial charge is 0.256 e. The van der Waals surface area contributed by atoms with Crippen molar-refractivity contribution in [3.63, 3.8) is 0 Å². The van der Waals surface area contributed by atoms with E-state index in [0.717, 1.165) is 13.4 Å². The van der Waals surface area contributed by atoms with Crippen LogP contribution < -0.4 is 5.32 Å². The molecule has 0 saturated heterocycles. The fourth-order valence-corrected chi connectivity index (χ4v) is 3.04. The summed E-state index contributed by atoms with van der Waals surface area (Å²) < 4.78 is 2.60. The van der Waals surface area contributed by atoms with Crippen molar-refractivity contribution in [2.75, 3.05) is 5.32 Å². The van der Waals surface area contributed by atoms with Crippen LogP contribution in [0.1, 0.15) is 10.4 Å². The Morgan fingerprint density at radius 3 is 2.32 bits per heavy atom. The van der Waals surface area contributed by atoms with Gasteiger partial charge in [0.1, 0.15) is 0 Å². The summed E-state index contributed by atoms with van der Waals surface area (Å²) >= 11 is 14.4. The zero-order valence-corrected chi connectivity index (χ0v) is 15.1. The summed E-state index contributed by atoms with van der Waals surface area (Å²) in [5.41, 5.74) is 1.23. The predicted molar refractivity (Wildman–Crippen MR) is 91.2 cm³/mol. The number of benzene rings is 2. The molecule has 98 valence electrons. The van der Waals surface area contributed by atoms with Gasteiger partial charge in [0.25, 0.3) is 5.91 Å². The molecule has 0 saturated carbocycles. The van der Waals surface area contributed by atoms with E-state index in [-0.39, 0.29) is 5.91 Å². The first-order chi connectivity index (χ1) is 8.97. The first-order valence-electron chi connectivity index (χ1n) is 5.22. The average Bonchev–Trinajstić information content (AvgIpc) is 2.33. The van der Waals surface area contributed by atoms with E-state index in [0.29, 0.717) is 16.1 Å². The molecule has 2 aromatic rings. The van der Waals surface area contributed by atoms with Crippen LogP contribution in [0.4, 0.5) is 5.69 Å². The van der Waals surface area contributed by atoms with Gasteiger partial charge in [-0.1, -0.05) is 31.9 Å². The third kappa shape index (κ3) is 3.84. The van der Waals surface area contributed by atoms with Gasteiger partial charge in [-0.15, -0.1) is 12.6 Å². The van der Waals surface area contributed by atoms with Crippen LogP contribution in [-0.2, 0) is 0 Å². The minimum absolute atomic E-state index is 0.198. The maximum Gasteiger partial charge on any atom is 0.256 e. The highest BCUT2D eigenvalue weighted by atomic mass is 79.9. The van der Waals surface area contributed by atoms with Crippen LogP contribution in [0.3, 0.4) is 0 Å². The molecule has 19 heavy (non-hydrogen) atoms. The minimum Gasteiger partial charge on any atom is -0.321 e. The van der Waals surface area contributed by atoms with Crippen LogP contribution in [-0.4, -0.2) is 5.91 Å². The second-order valence-electron chi connectivity index (χ2n) is 3.74. The molecule has 0 radical (unpaired) electrons. The molecule has 0 aromatic heterocycles. The largest absolute Gasteiger partial charge is 0.321 e. The molecule has 2 rings (SSSR count). The summed E-state index contributed by atoms with van der Waals surface area (Å²) in [5, 5.41) is 2.85. The highest BCUT2D eigenvalue weighted by Crippen LogP contribution is 2.27. The van der Waals surface area contributed by atoms with Crippen molar-refractivity contribution in [3.8, 4) is 0 Å². The van der Waals surface area contributed by atoms with E-state index in [4.69, 9.17) is 0 Å². The van der Waals surface area contributed by atoms with Crippen LogP contribution in [0.5, 0.6) is 0 Å². The topological polar surface area (TPSA) is 29.1 Å². The Bertz CT molecular complexity index is 646. The first kappa shape index (κ1) is 15.1. The van der Waals surface area contributed by atoms with Crippen LogP contribution in [0, 0.1) is 0 Å². The molecule has 0 aliphatic carbocycles. The van der Waals surface area contributed by atoms with Crippen molar-refractivity contribution in [2.45, 2.75) is 4.90 Å². The third-order valence-corrected chi connectivity index (χ3v) is 4.43. The zero-order chi connectivity index (χ0) is 14.0. The molecule has 1 amide bonds. The lowest BCUT2D eigenvalue weighted by atomic mass is 10.2. The van der Waals surface area contributed by atoms with E-state index in [1.54, 1.807) is 12.1 Å².